The van der Waals surface area contributed by atoms with E-state index in [0.29, 0.717) is 5.92 Å². The van der Waals surface area contributed by atoms with Gasteiger partial charge in [0.25, 0.3) is 0 Å². The van der Waals surface area contributed by atoms with Crippen molar-refractivity contribution in [3.05, 3.63) is 30.1 Å². The third-order valence-corrected chi connectivity index (χ3v) is 4.68. The third-order valence-electron chi connectivity index (χ3n) is 4.68. The van der Waals surface area contributed by atoms with Gasteiger partial charge in [-0.1, -0.05) is 19.1 Å². The molecule has 5 nitrogen and oxygen atoms in total. The van der Waals surface area contributed by atoms with Crippen LogP contribution >= 0.6 is 0 Å². The van der Waals surface area contributed by atoms with E-state index >= 15 is 0 Å². The van der Waals surface area contributed by atoms with E-state index in [-0.39, 0.29) is 17.9 Å². The maximum atomic E-state index is 12.4. The van der Waals surface area contributed by atoms with Gasteiger partial charge >= 0.3 is 0 Å². The fraction of sp³-hybridized carbons (Fsp3) is 0.529. The van der Waals surface area contributed by atoms with Gasteiger partial charge in [-0.2, -0.15) is 0 Å². The van der Waals surface area contributed by atoms with E-state index in [1.807, 2.05) is 32.0 Å². The summed E-state index contributed by atoms with van der Waals surface area (Å²) in [6.07, 6.45) is 0. The van der Waals surface area contributed by atoms with Crippen molar-refractivity contribution >= 4 is 16.9 Å². The van der Waals surface area contributed by atoms with Crippen LogP contribution in [-0.2, 0) is 11.3 Å². The number of rotatable bonds is 5. The standard InChI is InChI=1S/C17H24N4O/c1-4-21-15-8-6-5-7-14(15)20-16(21)12(3)19-17(22)11(2)13-9-18-10-13/h5-8,11-13,18H,4,9-10H2,1-3H3,(H,19,22). The number of hydrogen-bond acceptors (Lipinski definition) is 3. The predicted octanol–water partition coefficient (Wildman–Crippen LogP) is 2.09. The number of carbonyl (C=O) groups excluding carboxylic acids is 1. The molecule has 1 saturated heterocycles. The molecule has 1 aliphatic heterocycles. The summed E-state index contributed by atoms with van der Waals surface area (Å²) >= 11 is 0. The van der Waals surface area contributed by atoms with E-state index in [2.05, 4.69) is 28.2 Å². The zero-order valence-electron chi connectivity index (χ0n) is 13.5. The van der Waals surface area contributed by atoms with E-state index < -0.39 is 0 Å². The van der Waals surface area contributed by atoms with Crippen LogP contribution in [0.2, 0.25) is 0 Å². The zero-order chi connectivity index (χ0) is 15.7. The monoisotopic (exact) mass is 300 g/mol. The van der Waals surface area contributed by atoms with Gasteiger partial charge in [-0.3, -0.25) is 4.79 Å². The van der Waals surface area contributed by atoms with Gasteiger partial charge < -0.3 is 15.2 Å². The summed E-state index contributed by atoms with van der Waals surface area (Å²) in [4.78, 5) is 17.1. The van der Waals surface area contributed by atoms with E-state index in [4.69, 9.17) is 4.98 Å². The number of carbonyl (C=O) groups is 1. The lowest BCUT2D eigenvalue weighted by atomic mass is 9.88. The Labute approximate surface area is 131 Å². The fourth-order valence-electron chi connectivity index (χ4n) is 3.05. The lowest BCUT2D eigenvalue weighted by molar-refractivity contribution is -0.127. The maximum absolute atomic E-state index is 12.4. The molecule has 0 radical (unpaired) electrons. The normalized spacial score (nSPS) is 18.0. The first-order chi connectivity index (χ1) is 10.6. The largest absolute Gasteiger partial charge is 0.346 e. The van der Waals surface area contributed by atoms with Gasteiger partial charge in [0.15, 0.2) is 0 Å². The first-order valence-electron chi connectivity index (χ1n) is 8.08. The highest BCUT2D eigenvalue weighted by molar-refractivity contribution is 5.80. The molecule has 0 spiro atoms. The van der Waals surface area contributed by atoms with Gasteiger partial charge in [0.2, 0.25) is 5.91 Å². The van der Waals surface area contributed by atoms with Crippen molar-refractivity contribution in [2.75, 3.05) is 13.1 Å². The smallest absolute Gasteiger partial charge is 0.223 e. The van der Waals surface area contributed by atoms with Gasteiger partial charge in [0.05, 0.1) is 17.1 Å². The van der Waals surface area contributed by atoms with Crippen LogP contribution in [-0.4, -0.2) is 28.5 Å². The first kappa shape index (κ1) is 15.0. The number of benzene rings is 1. The molecular weight excluding hydrogens is 276 g/mol. The van der Waals surface area contributed by atoms with Gasteiger partial charge in [-0.25, -0.2) is 4.98 Å². The first-order valence-corrected chi connectivity index (χ1v) is 8.08. The maximum Gasteiger partial charge on any atom is 0.223 e. The molecule has 2 atom stereocenters. The van der Waals surface area contributed by atoms with Crippen molar-refractivity contribution in [3.63, 3.8) is 0 Å². The number of imidazole rings is 1. The number of amides is 1. The van der Waals surface area contributed by atoms with Crippen LogP contribution < -0.4 is 10.6 Å². The number of hydrogen-bond donors (Lipinski definition) is 2. The zero-order valence-corrected chi connectivity index (χ0v) is 13.5. The second-order valence-electron chi connectivity index (χ2n) is 6.14. The average molecular weight is 300 g/mol. The number of fused-ring (bicyclic) bond motifs is 1. The Hall–Kier alpha value is -1.88. The highest BCUT2D eigenvalue weighted by atomic mass is 16.2. The summed E-state index contributed by atoms with van der Waals surface area (Å²) in [6, 6.07) is 8.02. The second-order valence-corrected chi connectivity index (χ2v) is 6.14. The second kappa shape index (κ2) is 6.08. The Morgan fingerprint density at radius 1 is 1.41 bits per heavy atom. The minimum atomic E-state index is -0.0877. The summed E-state index contributed by atoms with van der Waals surface area (Å²) in [5.74, 6) is 1.55. The van der Waals surface area contributed by atoms with Crippen LogP contribution in [0, 0.1) is 11.8 Å². The van der Waals surface area contributed by atoms with Gasteiger partial charge in [0.1, 0.15) is 5.82 Å². The van der Waals surface area contributed by atoms with Crippen molar-refractivity contribution in [1.82, 2.24) is 20.2 Å². The quantitative estimate of drug-likeness (QED) is 0.889. The molecule has 2 N–H and O–H groups in total. The van der Waals surface area contributed by atoms with Gasteiger partial charge in [-0.05, 0) is 45.0 Å². The van der Waals surface area contributed by atoms with Gasteiger partial charge in [-0.15, -0.1) is 0 Å². The number of nitrogens with one attached hydrogen (secondary N) is 2. The molecule has 1 aromatic heterocycles. The predicted molar refractivity (Wildman–Crippen MR) is 87.5 cm³/mol. The molecule has 2 unspecified atom stereocenters. The molecule has 22 heavy (non-hydrogen) atoms. The summed E-state index contributed by atoms with van der Waals surface area (Å²) in [7, 11) is 0. The Bertz CT molecular complexity index is 674. The Morgan fingerprint density at radius 3 is 2.77 bits per heavy atom. The summed E-state index contributed by atoms with van der Waals surface area (Å²) < 4.78 is 2.18. The summed E-state index contributed by atoms with van der Waals surface area (Å²) in [6.45, 7) is 8.85. The Morgan fingerprint density at radius 2 is 2.14 bits per heavy atom. The molecule has 0 bridgehead atoms. The van der Waals surface area contributed by atoms with E-state index in [1.54, 1.807) is 0 Å². The Kier molecular flexibility index (Phi) is 4.16. The minimum absolute atomic E-state index is 0.0446. The van der Waals surface area contributed by atoms with E-state index in [9.17, 15) is 4.79 Å². The number of aromatic nitrogens is 2. The molecule has 1 amide bonds. The molecule has 118 valence electrons. The van der Waals surface area contributed by atoms with Crippen molar-refractivity contribution in [3.8, 4) is 0 Å². The van der Waals surface area contributed by atoms with Crippen LogP contribution in [0.25, 0.3) is 11.0 Å². The molecule has 0 aliphatic carbocycles. The van der Waals surface area contributed by atoms with Crippen molar-refractivity contribution in [1.29, 1.82) is 0 Å². The van der Waals surface area contributed by atoms with Crippen LogP contribution in [0.15, 0.2) is 24.3 Å². The molecular formula is C17H24N4O. The fourth-order valence-corrected chi connectivity index (χ4v) is 3.05. The molecule has 0 saturated carbocycles. The molecule has 1 fully saturated rings. The molecule has 5 heteroatoms. The molecule has 1 aromatic carbocycles. The topological polar surface area (TPSA) is 59.0 Å². The van der Waals surface area contributed by atoms with E-state index in [0.717, 1.165) is 36.5 Å². The third kappa shape index (κ3) is 2.61. The number of nitrogens with zero attached hydrogens (tertiary/aromatic N) is 2. The van der Waals surface area contributed by atoms with Crippen LogP contribution in [0.3, 0.4) is 0 Å². The molecule has 1 aliphatic rings. The molecule has 2 heterocycles. The minimum Gasteiger partial charge on any atom is -0.346 e. The summed E-state index contributed by atoms with van der Waals surface area (Å²) in [5, 5.41) is 6.35. The Balaban J connectivity index is 1.79. The van der Waals surface area contributed by atoms with Crippen molar-refractivity contribution in [2.45, 2.75) is 33.4 Å². The lowest BCUT2D eigenvalue weighted by Crippen LogP contribution is -2.50. The lowest BCUT2D eigenvalue weighted by Gasteiger charge is -2.32. The molecule has 2 aromatic rings. The summed E-state index contributed by atoms with van der Waals surface area (Å²) in [5.41, 5.74) is 2.11. The van der Waals surface area contributed by atoms with Crippen molar-refractivity contribution in [2.24, 2.45) is 11.8 Å². The highest BCUT2D eigenvalue weighted by Gasteiger charge is 2.30. The number of para-hydroxylation sites is 2. The van der Waals surface area contributed by atoms with Gasteiger partial charge in [0, 0.05) is 12.5 Å². The SMILES string of the molecule is CCn1c(C(C)NC(=O)C(C)C2CNC2)nc2ccccc21. The van der Waals surface area contributed by atoms with Crippen LogP contribution in [0.4, 0.5) is 0 Å². The van der Waals surface area contributed by atoms with E-state index in [1.165, 1.54) is 0 Å². The molecule has 3 rings (SSSR count). The number of aryl methyl sites for hydroxylation is 1. The average Bonchev–Trinajstić information content (AvgIpc) is 2.83. The van der Waals surface area contributed by atoms with Crippen LogP contribution in [0.1, 0.15) is 32.6 Å². The highest BCUT2D eigenvalue weighted by Crippen LogP contribution is 2.22. The van der Waals surface area contributed by atoms with Crippen molar-refractivity contribution < 1.29 is 4.79 Å². The van der Waals surface area contributed by atoms with Crippen LogP contribution in [0.5, 0.6) is 0 Å².